The van der Waals surface area contributed by atoms with Gasteiger partial charge in [-0.2, -0.15) is 0 Å². The van der Waals surface area contributed by atoms with Gasteiger partial charge >= 0.3 is 0 Å². The number of anilines is 1. The Hall–Kier alpha value is -1.92. The number of fused-ring (bicyclic) bond motifs is 1. The fraction of sp³-hybridized carbons (Fsp3) is 0.652. The third-order valence-corrected chi connectivity index (χ3v) is 6.54. The Morgan fingerprint density at radius 2 is 1.79 bits per heavy atom. The van der Waals surface area contributed by atoms with E-state index in [0.29, 0.717) is 18.9 Å². The highest BCUT2D eigenvalue weighted by Gasteiger charge is 2.27. The van der Waals surface area contributed by atoms with Gasteiger partial charge in [0.25, 0.3) is 0 Å². The van der Waals surface area contributed by atoms with E-state index in [-0.39, 0.29) is 17.9 Å². The number of amides is 2. The number of aryl methyl sites for hydroxylation is 1. The third kappa shape index (κ3) is 5.37. The van der Waals surface area contributed by atoms with Crippen molar-refractivity contribution in [3.8, 4) is 0 Å². The molecular weight excluding hydrogens is 366 g/mol. The van der Waals surface area contributed by atoms with E-state index in [2.05, 4.69) is 28.4 Å². The Balaban J connectivity index is 1.21. The molecule has 1 aromatic rings. The molecule has 0 atom stereocenters. The Bertz CT molecular complexity index is 709. The molecule has 2 saturated heterocycles. The van der Waals surface area contributed by atoms with Gasteiger partial charge in [-0.25, -0.2) is 0 Å². The van der Waals surface area contributed by atoms with Gasteiger partial charge in [0, 0.05) is 37.9 Å². The summed E-state index contributed by atoms with van der Waals surface area (Å²) in [6.45, 7) is 4.60. The second-order valence-electron chi connectivity index (χ2n) is 8.66. The van der Waals surface area contributed by atoms with E-state index in [1.54, 1.807) is 0 Å². The standard InChI is InChI=1S/C23H33N3O3/c27-22(24-20-9-14-29-15-10-20)16-18-7-12-25(13-8-18)17-23(28)26-11-3-5-19-4-1-2-6-21(19)26/h1-2,4,6,18,20H,3,5,7-17H2,(H,24,27). The number of piperidine rings is 1. The molecule has 2 amide bonds. The van der Waals surface area contributed by atoms with E-state index >= 15 is 0 Å². The van der Waals surface area contributed by atoms with Crippen LogP contribution < -0.4 is 10.2 Å². The SMILES string of the molecule is O=C(CC1CCN(CC(=O)N2CCCc3ccccc32)CC1)NC1CCOCC1. The summed E-state index contributed by atoms with van der Waals surface area (Å²) in [5, 5.41) is 3.17. The molecule has 158 valence electrons. The van der Waals surface area contributed by atoms with Gasteiger partial charge < -0.3 is 15.0 Å². The number of likely N-dealkylation sites (tertiary alicyclic amines) is 1. The van der Waals surface area contributed by atoms with Crippen LogP contribution >= 0.6 is 0 Å². The number of ether oxygens (including phenoxy) is 1. The van der Waals surface area contributed by atoms with Crippen LogP contribution in [0.4, 0.5) is 5.69 Å². The van der Waals surface area contributed by atoms with Crippen molar-refractivity contribution in [3.63, 3.8) is 0 Å². The van der Waals surface area contributed by atoms with Crippen molar-refractivity contribution in [2.24, 2.45) is 5.92 Å². The lowest BCUT2D eigenvalue weighted by Crippen LogP contribution is -2.45. The van der Waals surface area contributed by atoms with Crippen LogP contribution in [-0.2, 0) is 20.7 Å². The average Bonchev–Trinajstić information content (AvgIpc) is 2.75. The molecule has 6 nitrogen and oxygen atoms in total. The highest BCUT2D eigenvalue weighted by Crippen LogP contribution is 2.27. The molecule has 3 aliphatic rings. The van der Waals surface area contributed by atoms with Crippen molar-refractivity contribution in [1.29, 1.82) is 0 Å². The van der Waals surface area contributed by atoms with Gasteiger partial charge in [0.15, 0.2) is 0 Å². The summed E-state index contributed by atoms with van der Waals surface area (Å²) >= 11 is 0. The number of nitrogens with zero attached hydrogens (tertiary/aromatic N) is 2. The van der Waals surface area contributed by atoms with Gasteiger partial charge in [0.05, 0.1) is 6.54 Å². The average molecular weight is 400 g/mol. The fourth-order valence-electron chi connectivity index (χ4n) is 4.81. The van der Waals surface area contributed by atoms with Gasteiger partial charge in [0.1, 0.15) is 0 Å². The Labute approximate surface area is 173 Å². The number of rotatable bonds is 5. The number of benzene rings is 1. The lowest BCUT2D eigenvalue weighted by molar-refractivity contribution is -0.124. The Kier molecular flexibility index (Phi) is 6.82. The van der Waals surface area contributed by atoms with Crippen LogP contribution in [-0.4, -0.2) is 62.1 Å². The molecule has 3 heterocycles. The van der Waals surface area contributed by atoms with Gasteiger partial charge in [-0.3, -0.25) is 14.5 Å². The van der Waals surface area contributed by atoms with Crippen LogP contribution in [0.5, 0.6) is 0 Å². The molecule has 0 aliphatic carbocycles. The molecule has 1 aromatic carbocycles. The number of hydrogen-bond donors (Lipinski definition) is 1. The topological polar surface area (TPSA) is 61.9 Å². The fourth-order valence-corrected chi connectivity index (χ4v) is 4.81. The minimum atomic E-state index is 0.177. The minimum Gasteiger partial charge on any atom is -0.381 e. The van der Waals surface area contributed by atoms with E-state index < -0.39 is 0 Å². The molecule has 1 N–H and O–H groups in total. The maximum absolute atomic E-state index is 12.9. The molecule has 4 rings (SSSR count). The first-order chi connectivity index (χ1) is 14.2. The highest BCUT2D eigenvalue weighted by molar-refractivity contribution is 5.96. The molecule has 3 aliphatic heterocycles. The molecule has 2 fully saturated rings. The number of carbonyl (C=O) groups excluding carboxylic acids is 2. The van der Waals surface area contributed by atoms with Crippen LogP contribution in [0.1, 0.15) is 44.1 Å². The van der Waals surface area contributed by atoms with E-state index in [4.69, 9.17) is 4.74 Å². The monoisotopic (exact) mass is 399 g/mol. The molecule has 0 unspecified atom stereocenters. The number of para-hydroxylation sites is 1. The van der Waals surface area contributed by atoms with Gasteiger partial charge in [-0.15, -0.1) is 0 Å². The Morgan fingerprint density at radius 3 is 2.59 bits per heavy atom. The van der Waals surface area contributed by atoms with Crippen LogP contribution in [0, 0.1) is 5.92 Å². The zero-order chi connectivity index (χ0) is 20.1. The third-order valence-electron chi connectivity index (χ3n) is 6.54. The molecule has 29 heavy (non-hydrogen) atoms. The first kappa shape index (κ1) is 20.4. The van der Waals surface area contributed by atoms with Crippen LogP contribution in [0.15, 0.2) is 24.3 Å². The van der Waals surface area contributed by atoms with E-state index in [1.165, 1.54) is 5.56 Å². The summed E-state index contributed by atoms with van der Waals surface area (Å²) in [7, 11) is 0. The van der Waals surface area contributed by atoms with Crippen molar-refractivity contribution >= 4 is 17.5 Å². The molecule has 6 heteroatoms. The zero-order valence-electron chi connectivity index (χ0n) is 17.3. The molecule has 0 saturated carbocycles. The summed E-state index contributed by atoms with van der Waals surface area (Å²) in [6.07, 6.45) is 6.53. The molecule has 0 bridgehead atoms. The summed E-state index contributed by atoms with van der Waals surface area (Å²) in [4.78, 5) is 29.5. The smallest absolute Gasteiger partial charge is 0.241 e. The van der Waals surface area contributed by atoms with E-state index in [9.17, 15) is 9.59 Å². The zero-order valence-corrected chi connectivity index (χ0v) is 17.3. The van der Waals surface area contributed by atoms with Crippen LogP contribution in [0.3, 0.4) is 0 Å². The number of hydrogen-bond acceptors (Lipinski definition) is 4. The van der Waals surface area contributed by atoms with Crippen molar-refractivity contribution in [3.05, 3.63) is 29.8 Å². The molecular formula is C23H33N3O3. The first-order valence-electron chi connectivity index (χ1n) is 11.2. The summed E-state index contributed by atoms with van der Waals surface area (Å²) < 4.78 is 5.35. The maximum atomic E-state index is 12.9. The summed E-state index contributed by atoms with van der Waals surface area (Å²) in [5.41, 5.74) is 2.37. The van der Waals surface area contributed by atoms with Gasteiger partial charge in [0.2, 0.25) is 11.8 Å². The summed E-state index contributed by atoms with van der Waals surface area (Å²) in [6, 6.07) is 8.54. The molecule has 0 aromatic heterocycles. The Morgan fingerprint density at radius 1 is 1.03 bits per heavy atom. The van der Waals surface area contributed by atoms with Crippen molar-refractivity contribution in [2.45, 2.75) is 51.0 Å². The lowest BCUT2D eigenvalue weighted by Gasteiger charge is -2.35. The highest BCUT2D eigenvalue weighted by atomic mass is 16.5. The molecule has 0 spiro atoms. The van der Waals surface area contributed by atoms with Crippen molar-refractivity contribution < 1.29 is 14.3 Å². The maximum Gasteiger partial charge on any atom is 0.241 e. The van der Waals surface area contributed by atoms with Gasteiger partial charge in [-0.1, -0.05) is 18.2 Å². The largest absolute Gasteiger partial charge is 0.381 e. The van der Waals surface area contributed by atoms with E-state index in [0.717, 1.165) is 77.1 Å². The normalized spacial score (nSPS) is 21.6. The van der Waals surface area contributed by atoms with Gasteiger partial charge in [-0.05, 0) is 69.2 Å². The number of carbonyl (C=O) groups is 2. The predicted molar refractivity (Wildman–Crippen MR) is 113 cm³/mol. The number of nitrogens with one attached hydrogen (secondary N) is 1. The quantitative estimate of drug-likeness (QED) is 0.826. The lowest BCUT2D eigenvalue weighted by atomic mass is 9.93. The van der Waals surface area contributed by atoms with Crippen molar-refractivity contribution in [2.75, 3.05) is 44.3 Å². The van der Waals surface area contributed by atoms with E-state index in [1.807, 2.05) is 11.0 Å². The van der Waals surface area contributed by atoms with Crippen LogP contribution in [0.25, 0.3) is 0 Å². The molecule has 0 radical (unpaired) electrons. The first-order valence-corrected chi connectivity index (χ1v) is 11.2. The minimum absolute atomic E-state index is 0.177. The predicted octanol–water partition coefficient (Wildman–Crippen LogP) is 2.36. The van der Waals surface area contributed by atoms with Crippen LogP contribution in [0.2, 0.25) is 0 Å². The summed E-state index contributed by atoms with van der Waals surface area (Å²) in [5.74, 6) is 0.807. The second kappa shape index (κ2) is 9.72. The second-order valence-corrected chi connectivity index (χ2v) is 8.66. The van der Waals surface area contributed by atoms with Crippen molar-refractivity contribution in [1.82, 2.24) is 10.2 Å².